The number of rotatable bonds is 3. The van der Waals surface area contributed by atoms with Gasteiger partial charge in [0.2, 0.25) is 0 Å². The molecule has 0 bridgehead atoms. The highest BCUT2D eigenvalue weighted by Gasteiger charge is 2.29. The zero-order valence-corrected chi connectivity index (χ0v) is 12.7. The van der Waals surface area contributed by atoms with Crippen molar-refractivity contribution in [2.75, 3.05) is 13.1 Å². The molecular weight excluding hydrogens is 238 g/mol. The van der Waals surface area contributed by atoms with Crippen LogP contribution in [0.25, 0.3) is 0 Å². The average molecular weight is 263 g/mol. The fourth-order valence-corrected chi connectivity index (χ4v) is 2.37. The van der Waals surface area contributed by atoms with E-state index in [9.17, 15) is 4.79 Å². The Bertz CT molecular complexity index is 493. The maximum atomic E-state index is 11.9. The Labute approximate surface area is 115 Å². The van der Waals surface area contributed by atoms with Crippen LogP contribution in [-0.2, 0) is 12.0 Å². The van der Waals surface area contributed by atoms with Gasteiger partial charge in [-0.2, -0.15) is 5.10 Å². The summed E-state index contributed by atoms with van der Waals surface area (Å²) >= 11 is 0. The van der Waals surface area contributed by atoms with Crippen LogP contribution in [0, 0.1) is 5.92 Å². The van der Waals surface area contributed by atoms with Crippen molar-refractivity contribution in [3.8, 4) is 0 Å². The molecule has 1 aliphatic rings. The number of nitrogens with zero attached hydrogens (tertiary/aromatic N) is 3. The zero-order chi connectivity index (χ0) is 14.2. The van der Waals surface area contributed by atoms with Crippen LogP contribution in [0.2, 0.25) is 0 Å². The minimum atomic E-state index is -0.0148. The quantitative estimate of drug-likeness (QED) is 0.835. The molecule has 0 spiro atoms. The number of hydrogen-bond donors (Lipinski definition) is 0. The fourth-order valence-electron chi connectivity index (χ4n) is 2.37. The molecule has 1 aromatic heterocycles. The Balaban J connectivity index is 2.07. The van der Waals surface area contributed by atoms with Gasteiger partial charge in [0.05, 0.1) is 12.2 Å². The van der Waals surface area contributed by atoms with E-state index in [0.717, 1.165) is 25.3 Å². The minimum absolute atomic E-state index is 0.0102. The van der Waals surface area contributed by atoms with Gasteiger partial charge in [-0.25, -0.2) is 4.68 Å². The Morgan fingerprint density at radius 3 is 2.47 bits per heavy atom. The highest BCUT2D eigenvalue weighted by atomic mass is 16.1. The third kappa shape index (κ3) is 3.24. The molecule has 19 heavy (non-hydrogen) atoms. The first-order valence-corrected chi connectivity index (χ1v) is 7.10. The van der Waals surface area contributed by atoms with Crippen molar-refractivity contribution in [1.29, 1.82) is 0 Å². The number of likely N-dealkylation sites (tertiary alicyclic amines) is 1. The third-order valence-electron chi connectivity index (χ3n) is 3.78. The first-order chi connectivity index (χ1) is 8.77. The average Bonchev–Trinajstić information content (AvgIpc) is 2.22. The Morgan fingerprint density at radius 1 is 1.32 bits per heavy atom. The molecule has 0 amide bonds. The second kappa shape index (κ2) is 5.08. The molecule has 1 saturated heterocycles. The molecule has 4 heteroatoms. The van der Waals surface area contributed by atoms with E-state index in [2.05, 4.69) is 44.6 Å². The molecule has 1 aliphatic heterocycles. The molecule has 0 atom stereocenters. The summed E-state index contributed by atoms with van der Waals surface area (Å²) in [5.74, 6) is 0.558. The standard InChI is InChI=1S/C15H25N3O/c1-11(2)17-8-12(9-17)10-18-14(19)7-6-13(16-18)15(3,4)5/h6-7,11-12H,8-10H2,1-5H3. The molecule has 106 valence electrons. The van der Waals surface area contributed by atoms with Crippen LogP contribution < -0.4 is 5.56 Å². The molecule has 0 radical (unpaired) electrons. The summed E-state index contributed by atoms with van der Waals surface area (Å²) in [5, 5.41) is 4.52. The van der Waals surface area contributed by atoms with Crippen molar-refractivity contribution in [2.45, 2.75) is 52.6 Å². The third-order valence-corrected chi connectivity index (χ3v) is 3.78. The van der Waals surface area contributed by atoms with Crippen LogP contribution in [0.3, 0.4) is 0 Å². The van der Waals surface area contributed by atoms with Crippen molar-refractivity contribution in [3.05, 3.63) is 28.2 Å². The normalized spacial score (nSPS) is 17.8. The summed E-state index contributed by atoms with van der Waals surface area (Å²) in [7, 11) is 0. The van der Waals surface area contributed by atoms with Crippen LogP contribution in [0.4, 0.5) is 0 Å². The highest BCUT2D eigenvalue weighted by molar-refractivity contribution is 5.10. The smallest absolute Gasteiger partial charge is 0.266 e. The topological polar surface area (TPSA) is 38.1 Å². The van der Waals surface area contributed by atoms with E-state index in [1.54, 1.807) is 10.7 Å². The predicted molar refractivity (Wildman–Crippen MR) is 77.4 cm³/mol. The van der Waals surface area contributed by atoms with Crippen LogP contribution in [0.15, 0.2) is 16.9 Å². The molecule has 0 unspecified atom stereocenters. The van der Waals surface area contributed by atoms with E-state index in [1.807, 2.05) is 6.07 Å². The summed E-state index contributed by atoms with van der Waals surface area (Å²) in [6, 6.07) is 4.09. The molecule has 4 nitrogen and oxygen atoms in total. The molecule has 2 rings (SSSR count). The highest BCUT2D eigenvalue weighted by Crippen LogP contribution is 2.21. The predicted octanol–water partition coefficient (Wildman–Crippen LogP) is 1.88. The van der Waals surface area contributed by atoms with Gasteiger partial charge in [0.15, 0.2) is 0 Å². The van der Waals surface area contributed by atoms with E-state index < -0.39 is 0 Å². The monoisotopic (exact) mass is 263 g/mol. The molecule has 0 aliphatic carbocycles. The summed E-state index contributed by atoms with van der Waals surface area (Å²) in [4.78, 5) is 14.3. The molecular formula is C15H25N3O. The second-order valence-electron chi connectivity index (χ2n) is 6.90. The second-order valence-corrected chi connectivity index (χ2v) is 6.90. The minimum Gasteiger partial charge on any atom is -0.300 e. The molecule has 0 N–H and O–H groups in total. The Hall–Kier alpha value is -1.16. The summed E-state index contributed by atoms with van der Waals surface area (Å²) in [6.07, 6.45) is 0. The number of aromatic nitrogens is 2. The van der Waals surface area contributed by atoms with E-state index in [-0.39, 0.29) is 11.0 Å². The molecule has 0 aromatic carbocycles. The van der Waals surface area contributed by atoms with Crippen molar-refractivity contribution in [1.82, 2.24) is 14.7 Å². The van der Waals surface area contributed by atoms with E-state index >= 15 is 0 Å². The van der Waals surface area contributed by atoms with Crippen LogP contribution in [0.1, 0.15) is 40.3 Å². The van der Waals surface area contributed by atoms with Gasteiger partial charge in [0.1, 0.15) is 0 Å². The van der Waals surface area contributed by atoms with Gasteiger partial charge in [-0.1, -0.05) is 20.8 Å². The Morgan fingerprint density at radius 2 is 1.95 bits per heavy atom. The zero-order valence-electron chi connectivity index (χ0n) is 12.7. The first-order valence-electron chi connectivity index (χ1n) is 7.10. The molecule has 2 heterocycles. The van der Waals surface area contributed by atoms with Gasteiger partial charge < -0.3 is 4.90 Å². The maximum Gasteiger partial charge on any atom is 0.266 e. The lowest BCUT2D eigenvalue weighted by Crippen LogP contribution is -2.52. The van der Waals surface area contributed by atoms with Crippen molar-refractivity contribution in [3.63, 3.8) is 0 Å². The van der Waals surface area contributed by atoms with Crippen LogP contribution >= 0.6 is 0 Å². The first kappa shape index (κ1) is 14.3. The molecule has 1 fully saturated rings. The van der Waals surface area contributed by atoms with Gasteiger partial charge in [-0.3, -0.25) is 4.79 Å². The van der Waals surface area contributed by atoms with Crippen molar-refractivity contribution < 1.29 is 0 Å². The largest absolute Gasteiger partial charge is 0.300 e. The van der Waals surface area contributed by atoms with Gasteiger partial charge in [0, 0.05) is 36.5 Å². The Kier molecular flexibility index (Phi) is 3.81. The fraction of sp³-hybridized carbons (Fsp3) is 0.733. The van der Waals surface area contributed by atoms with Gasteiger partial charge >= 0.3 is 0 Å². The number of hydrogen-bond acceptors (Lipinski definition) is 3. The van der Waals surface area contributed by atoms with Gasteiger partial charge in [0.25, 0.3) is 5.56 Å². The maximum absolute atomic E-state index is 11.9. The SMILES string of the molecule is CC(C)N1CC(Cn2nc(C(C)(C)C)ccc2=O)C1. The molecule has 0 saturated carbocycles. The van der Waals surface area contributed by atoms with Gasteiger partial charge in [-0.05, 0) is 19.9 Å². The van der Waals surface area contributed by atoms with Crippen LogP contribution in [-0.4, -0.2) is 33.8 Å². The lowest BCUT2D eigenvalue weighted by molar-refractivity contribution is 0.0543. The molecule has 1 aromatic rings. The van der Waals surface area contributed by atoms with E-state index in [4.69, 9.17) is 0 Å². The van der Waals surface area contributed by atoms with E-state index in [0.29, 0.717) is 12.0 Å². The summed E-state index contributed by atoms with van der Waals surface area (Å²) < 4.78 is 1.64. The summed E-state index contributed by atoms with van der Waals surface area (Å²) in [6.45, 7) is 13.7. The van der Waals surface area contributed by atoms with Crippen molar-refractivity contribution in [2.24, 2.45) is 5.92 Å². The van der Waals surface area contributed by atoms with E-state index in [1.165, 1.54) is 0 Å². The summed E-state index contributed by atoms with van der Waals surface area (Å²) in [5.41, 5.74) is 0.974. The lowest BCUT2D eigenvalue weighted by Gasteiger charge is -2.42. The van der Waals surface area contributed by atoms with Crippen LogP contribution in [0.5, 0.6) is 0 Å². The lowest BCUT2D eigenvalue weighted by atomic mass is 9.92. The van der Waals surface area contributed by atoms with Crippen molar-refractivity contribution >= 4 is 0 Å². The van der Waals surface area contributed by atoms with Gasteiger partial charge in [-0.15, -0.1) is 0 Å².